The van der Waals surface area contributed by atoms with Crippen molar-refractivity contribution < 1.29 is 0 Å². The Bertz CT molecular complexity index is 568. The third kappa shape index (κ3) is 2.59. The lowest BCUT2D eigenvalue weighted by molar-refractivity contribution is 0.412. The third-order valence-corrected chi connectivity index (χ3v) is 4.08. The van der Waals surface area contributed by atoms with Crippen LogP contribution in [0.3, 0.4) is 0 Å². The molecule has 0 radical (unpaired) electrons. The van der Waals surface area contributed by atoms with Crippen LogP contribution in [0.4, 0.5) is 5.69 Å². The van der Waals surface area contributed by atoms with E-state index in [-0.39, 0.29) is 0 Å². The Kier molecular flexibility index (Phi) is 3.43. The van der Waals surface area contributed by atoms with E-state index in [0.29, 0.717) is 6.04 Å². The van der Waals surface area contributed by atoms with Gasteiger partial charge in [0.1, 0.15) is 0 Å². The number of nitrogens with one attached hydrogen (secondary N) is 1. The van der Waals surface area contributed by atoms with Gasteiger partial charge in [-0.15, -0.1) is 0 Å². The van der Waals surface area contributed by atoms with Crippen LogP contribution in [0.25, 0.3) is 10.8 Å². The molecule has 2 nitrogen and oxygen atoms in total. The summed E-state index contributed by atoms with van der Waals surface area (Å²) in [6.45, 7) is 1.16. The minimum atomic E-state index is 0.548. The molecule has 1 aliphatic heterocycles. The molecule has 2 aromatic carbocycles. The maximum atomic E-state index is 3.62. The van der Waals surface area contributed by atoms with Gasteiger partial charge in [-0.1, -0.05) is 24.6 Å². The van der Waals surface area contributed by atoms with E-state index >= 15 is 0 Å². The zero-order chi connectivity index (χ0) is 13.2. The Morgan fingerprint density at radius 3 is 2.53 bits per heavy atom. The maximum Gasteiger partial charge on any atom is 0.0367 e. The van der Waals surface area contributed by atoms with Gasteiger partial charge in [0.15, 0.2) is 0 Å². The summed E-state index contributed by atoms with van der Waals surface area (Å²) in [5, 5.41) is 6.29. The lowest BCUT2D eigenvalue weighted by Gasteiger charge is -2.24. The number of piperidine rings is 1. The van der Waals surface area contributed by atoms with Crippen LogP contribution >= 0.6 is 0 Å². The van der Waals surface area contributed by atoms with Crippen LogP contribution in [0.1, 0.15) is 30.9 Å². The standard InChI is InChI=1S/C17H22N2/c1-19(2)16-9-8-13-11-15(7-6-14(13)12-16)17-5-3-4-10-18-17/h6-9,11-12,17-18H,3-5,10H2,1-2H3. The quantitative estimate of drug-likeness (QED) is 0.878. The summed E-state index contributed by atoms with van der Waals surface area (Å²) in [6.07, 6.45) is 3.92. The van der Waals surface area contributed by atoms with Crippen molar-refractivity contribution in [3.63, 3.8) is 0 Å². The van der Waals surface area contributed by atoms with Crippen molar-refractivity contribution in [2.45, 2.75) is 25.3 Å². The van der Waals surface area contributed by atoms with Gasteiger partial charge in [-0.3, -0.25) is 0 Å². The Hall–Kier alpha value is -1.54. The third-order valence-electron chi connectivity index (χ3n) is 4.08. The molecule has 0 spiro atoms. The largest absolute Gasteiger partial charge is 0.378 e. The number of fused-ring (bicyclic) bond motifs is 1. The second kappa shape index (κ2) is 5.22. The molecule has 2 heteroatoms. The Balaban J connectivity index is 1.94. The van der Waals surface area contributed by atoms with Crippen molar-refractivity contribution in [3.8, 4) is 0 Å². The second-order valence-corrected chi connectivity index (χ2v) is 5.69. The summed E-state index contributed by atoms with van der Waals surface area (Å²) in [4.78, 5) is 2.15. The average Bonchev–Trinajstić information content (AvgIpc) is 2.47. The molecule has 100 valence electrons. The fourth-order valence-electron chi connectivity index (χ4n) is 2.88. The summed E-state index contributed by atoms with van der Waals surface area (Å²) in [7, 11) is 4.17. The summed E-state index contributed by atoms with van der Waals surface area (Å²) < 4.78 is 0. The molecule has 1 unspecified atom stereocenters. The van der Waals surface area contributed by atoms with Crippen molar-refractivity contribution in [2.75, 3.05) is 25.5 Å². The van der Waals surface area contributed by atoms with Gasteiger partial charge in [0.25, 0.3) is 0 Å². The van der Waals surface area contributed by atoms with Crippen LogP contribution in [0.5, 0.6) is 0 Å². The molecule has 0 amide bonds. The molecule has 1 atom stereocenters. The highest BCUT2D eigenvalue weighted by Gasteiger charge is 2.14. The van der Waals surface area contributed by atoms with Gasteiger partial charge in [-0.2, -0.15) is 0 Å². The number of hydrogen-bond donors (Lipinski definition) is 1. The van der Waals surface area contributed by atoms with E-state index < -0.39 is 0 Å². The molecular formula is C17H22N2. The molecule has 0 aliphatic carbocycles. The highest BCUT2D eigenvalue weighted by Crippen LogP contribution is 2.27. The fraction of sp³-hybridized carbons (Fsp3) is 0.412. The van der Waals surface area contributed by atoms with Crippen LogP contribution < -0.4 is 10.2 Å². The van der Waals surface area contributed by atoms with E-state index in [4.69, 9.17) is 0 Å². The molecule has 1 N–H and O–H groups in total. The zero-order valence-corrected chi connectivity index (χ0v) is 11.8. The summed E-state index contributed by atoms with van der Waals surface area (Å²) in [5.41, 5.74) is 2.70. The molecule has 0 aromatic heterocycles. The molecule has 1 aliphatic rings. The van der Waals surface area contributed by atoms with Gasteiger partial charge in [0, 0.05) is 25.8 Å². The first-order chi connectivity index (χ1) is 9.24. The molecular weight excluding hydrogens is 232 g/mol. The summed E-state index contributed by atoms with van der Waals surface area (Å²) in [6, 6.07) is 14.1. The topological polar surface area (TPSA) is 15.3 Å². The molecule has 0 bridgehead atoms. The zero-order valence-electron chi connectivity index (χ0n) is 11.8. The second-order valence-electron chi connectivity index (χ2n) is 5.69. The number of rotatable bonds is 2. The van der Waals surface area contributed by atoms with E-state index in [0.717, 1.165) is 6.54 Å². The van der Waals surface area contributed by atoms with Crippen molar-refractivity contribution in [3.05, 3.63) is 42.0 Å². The molecule has 3 rings (SSSR count). The van der Waals surface area contributed by atoms with E-state index in [9.17, 15) is 0 Å². The number of benzene rings is 2. The van der Waals surface area contributed by atoms with E-state index in [2.05, 4.69) is 60.7 Å². The molecule has 2 aromatic rings. The highest BCUT2D eigenvalue weighted by atomic mass is 15.1. The van der Waals surface area contributed by atoms with Crippen molar-refractivity contribution in [1.82, 2.24) is 5.32 Å². The summed E-state index contributed by atoms with van der Waals surface area (Å²) >= 11 is 0. The van der Waals surface area contributed by atoms with Crippen LogP contribution in [0.15, 0.2) is 36.4 Å². The highest BCUT2D eigenvalue weighted by molar-refractivity contribution is 5.86. The maximum absolute atomic E-state index is 3.62. The van der Waals surface area contributed by atoms with Gasteiger partial charge in [0.2, 0.25) is 0 Å². The molecule has 1 saturated heterocycles. The predicted molar refractivity (Wildman–Crippen MR) is 82.9 cm³/mol. The van der Waals surface area contributed by atoms with E-state index in [1.54, 1.807) is 0 Å². The lowest BCUT2D eigenvalue weighted by Crippen LogP contribution is -2.26. The molecule has 19 heavy (non-hydrogen) atoms. The normalized spacial score (nSPS) is 19.6. The monoisotopic (exact) mass is 254 g/mol. The van der Waals surface area contributed by atoms with Gasteiger partial charge >= 0.3 is 0 Å². The number of hydrogen-bond acceptors (Lipinski definition) is 2. The smallest absolute Gasteiger partial charge is 0.0367 e. The Morgan fingerprint density at radius 1 is 1.00 bits per heavy atom. The lowest BCUT2D eigenvalue weighted by atomic mass is 9.95. The fourth-order valence-corrected chi connectivity index (χ4v) is 2.88. The van der Waals surface area contributed by atoms with Gasteiger partial charge < -0.3 is 10.2 Å². The number of nitrogens with zero attached hydrogens (tertiary/aromatic N) is 1. The van der Waals surface area contributed by atoms with E-state index in [1.165, 1.54) is 41.3 Å². The average molecular weight is 254 g/mol. The molecule has 0 saturated carbocycles. The molecule has 1 heterocycles. The SMILES string of the molecule is CN(C)c1ccc2cc(C3CCCCN3)ccc2c1. The van der Waals surface area contributed by atoms with Crippen molar-refractivity contribution >= 4 is 16.5 Å². The van der Waals surface area contributed by atoms with Crippen LogP contribution in [0, 0.1) is 0 Å². The van der Waals surface area contributed by atoms with Crippen molar-refractivity contribution in [1.29, 1.82) is 0 Å². The number of anilines is 1. The van der Waals surface area contributed by atoms with Gasteiger partial charge in [0.05, 0.1) is 0 Å². The van der Waals surface area contributed by atoms with E-state index in [1.807, 2.05) is 0 Å². The minimum Gasteiger partial charge on any atom is -0.378 e. The molecule has 1 fully saturated rings. The first-order valence-corrected chi connectivity index (χ1v) is 7.18. The van der Waals surface area contributed by atoms with Crippen molar-refractivity contribution in [2.24, 2.45) is 0 Å². The Labute approximate surface area is 115 Å². The van der Waals surface area contributed by atoms with Crippen LogP contribution in [-0.2, 0) is 0 Å². The van der Waals surface area contributed by atoms with Gasteiger partial charge in [-0.25, -0.2) is 0 Å². The first kappa shape index (κ1) is 12.5. The predicted octanol–water partition coefficient (Wildman–Crippen LogP) is 3.72. The van der Waals surface area contributed by atoms with Gasteiger partial charge in [-0.05, 0) is 53.9 Å². The Morgan fingerprint density at radius 2 is 1.79 bits per heavy atom. The minimum absolute atomic E-state index is 0.548. The summed E-state index contributed by atoms with van der Waals surface area (Å²) in [5.74, 6) is 0. The van der Waals surface area contributed by atoms with Crippen LogP contribution in [0.2, 0.25) is 0 Å². The first-order valence-electron chi connectivity index (χ1n) is 7.18. The van der Waals surface area contributed by atoms with Crippen LogP contribution in [-0.4, -0.2) is 20.6 Å².